The lowest BCUT2D eigenvalue weighted by atomic mass is 9.93. The molecule has 0 amide bonds. The highest BCUT2D eigenvalue weighted by Gasteiger charge is 2.56. The molecule has 1 aliphatic heterocycles. The average Bonchev–Trinajstić information content (AvgIpc) is 2.94. The highest BCUT2D eigenvalue weighted by atomic mass is 32.1. The molecule has 1 atom stereocenters. The van der Waals surface area contributed by atoms with Gasteiger partial charge < -0.3 is 9.88 Å². The minimum atomic E-state index is -4.37. The van der Waals surface area contributed by atoms with Crippen molar-refractivity contribution < 1.29 is 13.2 Å². The Morgan fingerprint density at radius 3 is 2.69 bits per heavy atom. The van der Waals surface area contributed by atoms with Crippen molar-refractivity contribution in [3.05, 3.63) is 34.3 Å². The molecule has 2 fully saturated rings. The summed E-state index contributed by atoms with van der Waals surface area (Å²) in [5.41, 5.74) is 0.313. The number of nitrogens with zero attached hydrogens (tertiary/aromatic N) is 4. The lowest BCUT2D eigenvalue weighted by Gasteiger charge is -2.29. The minimum Gasteiger partial charge on any atom is -0.337 e. The molecular formula is C17H22F3N5S. The average molecular weight is 385 g/mol. The van der Waals surface area contributed by atoms with Crippen LogP contribution in [0.4, 0.5) is 13.2 Å². The van der Waals surface area contributed by atoms with Crippen molar-refractivity contribution in [2.24, 2.45) is 12.5 Å². The minimum absolute atomic E-state index is 0.313. The van der Waals surface area contributed by atoms with E-state index < -0.39 is 11.2 Å². The highest BCUT2D eigenvalue weighted by Crippen LogP contribution is 2.56. The number of hydrogen-bond acceptors (Lipinski definition) is 5. The number of alkyl halides is 3. The fraction of sp³-hybridized carbons (Fsp3) is 0.647. The van der Waals surface area contributed by atoms with E-state index in [9.17, 15) is 13.2 Å². The zero-order valence-electron chi connectivity index (χ0n) is 14.6. The second kappa shape index (κ2) is 6.61. The Bertz CT molecular complexity index is 763. The molecular weight excluding hydrogens is 363 g/mol. The fourth-order valence-electron chi connectivity index (χ4n) is 4.02. The first kappa shape index (κ1) is 17.9. The molecule has 2 aromatic rings. The van der Waals surface area contributed by atoms with Crippen molar-refractivity contribution in [3.8, 4) is 0 Å². The normalized spacial score (nSPS) is 22.3. The van der Waals surface area contributed by atoms with E-state index in [0.717, 1.165) is 49.5 Å². The van der Waals surface area contributed by atoms with Gasteiger partial charge in [0.05, 0.1) is 6.54 Å². The van der Waals surface area contributed by atoms with Crippen molar-refractivity contribution in [3.63, 3.8) is 0 Å². The van der Waals surface area contributed by atoms with Crippen LogP contribution in [0.1, 0.15) is 35.0 Å². The summed E-state index contributed by atoms with van der Waals surface area (Å²) in [6, 6.07) is 0.401. The smallest absolute Gasteiger partial charge is 0.337 e. The van der Waals surface area contributed by atoms with Crippen LogP contribution in [-0.2, 0) is 26.3 Å². The number of hydrogen-bond donors (Lipinski definition) is 1. The molecule has 0 radical (unpaired) electrons. The first-order valence-electron chi connectivity index (χ1n) is 8.80. The molecule has 2 aromatic heterocycles. The number of rotatable bonds is 5. The highest BCUT2D eigenvalue weighted by molar-refractivity contribution is 7.11. The van der Waals surface area contributed by atoms with E-state index in [4.69, 9.17) is 0 Å². The standard InChI is InChI=1S/C17H22F3N5S/c1-24-7-6-22-14(24)11-25(13-8-16(13)2-4-21-5-3-16)10-12-9-23-15(26-12)17(18,19)20/h6-7,9,13,21H,2-5,8,10-11H2,1H3. The fourth-order valence-corrected chi connectivity index (χ4v) is 4.83. The van der Waals surface area contributed by atoms with Gasteiger partial charge in [-0.1, -0.05) is 0 Å². The van der Waals surface area contributed by atoms with Gasteiger partial charge in [0.15, 0.2) is 5.01 Å². The molecule has 1 saturated carbocycles. The zero-order valence-corrected chi connectivity index (χ0v) is 15.4. The van der Waals surface area contributed by atoms with Gasteiger partial charge in [-0.05, 0) is 37.8 Å². The molecule has 1 spiro atoms. The Labute approximate surface area is 154 Å². The summed E-state index contributed by atoms with van der Waals surface area (Å²) in [5, 5.41) is 2.63. The summed E-state index contributed by atoms with van der Waals surface area (Å²) in [7, 11) is 1.95. The first-order valence-corrected chi connectivity index (χ1v) is 9.62. The van der Waals surface area contributed by atoms with Crippen LogP contribution in [0.2, 0.25) is 0 Å². The predicted molar refractivity (Wildman–Crippen MR) is 92.5 cm³/mol. The van der Waals surface area contributed by atoms with Crippen molar-refractivity contribution in [2.45, 2.75) is 44.6 Å². The maximum atomic E-state index is 12.9. The third-order valence-corrected chi connectivity index (χ3v) is 6.63. The summed E-state index contributed by atoms with van der Waals surface area (Å²) < 4.78 is 40.6. The molecule has 2 aliphatic rings. The van der Waals surface area contributed by atoms with Gasteiger partial charge >= 0.3 is 6.18 Å². The number of halogens is 3. The topological polar surface area (TPSA) is 46.0 Å². The van der Waals surface area contributed by atoms with Crippen LogP contribution in [0, 0.1) is 5.41 Å². The molecule has 3 heterocycles. The lowest BCUT2D eigenvalue weighted by Crippen LogP contribution is -2.36. The first-order chi connectivity index (χ1) is 12.4. The predicted octanol–water partition coefficient (Wildman–Crippen LogP) is 3.04. The molecule has 142 valence electrons. The van der Waals surface area contributed by atoms with E-state index in [-0.39, 0.29) is 0 Å². The summed E-state index contributed by atoms with van der Waals surface area (Å²) in [4.78, 5) is 10.9. The van der Waals surface area contributed by atoms with Crippen LogP contribution in [0.3, 0.4) is 0 Å². The Kier molecular flexibility index (Phi) is 4.56. The summed E-state index contributed by atoms with van der Waals surface area (Å²) >= 11 is 0.748. The summed E-state index contributed by atoms with van der Waals surface area (Å²) in [5.74, 6) is 0.932. The maximum Gasteiger partial charge on any atom is 0.443 e. The number of nitrogens with one attached hydrogen (secondary N) is 1. The van der Waals surface area contributed by atoms with E-state index in [2.05, 4.69) is 20.2 Å². The second-order valence-electron chi connectivity index (χ2n) is 7.32. The van der Waals surface area contributed by atoms with E-state index in [1.54, 1.807) is 6.20 Å². The van der Waals surface area contributed by atoms with Gasteiger partial charge in [0.2, 0.25) is 0 Å². The zero-order chi connectivity index (χ0) is 18.4. The lowest BCUT2D eigenvalue weighted by molar-refractivity contribution is -0.137. The largest absolute Gasteiger partial charge is 0.443 e. The van der Waals surface area contributed by atoms with Crippen LogP contribution in [0.5, 0.6) is 0 Å². The van der Waals surface area contributed by atoms with Gasteiger partial charge in [0.1, 0.15) is 5.82 Å². The number of aryl methyl sites for hydroxylation is 1. The molecule has 0 bridgehead atoms. The van der Waals surface area contributed by atoms with Crippen molar-refractivity contribution in [1.29, 1.82) is 0 Å². The molecule has 9 heteroatoms. The molecule has 1 unspecified atom stereocenters. The van der Waals surface area contributed by atoms with E-state index in [0.29, 0.717) is 29.4 Å². The molecule has 4 rings (SSSR count). The monoisotopic (exact) mass is 385 g/mol. The SMILES string of the molecule is Cn1ccnc1CN(Cc1cnc(C(F)(F)F)s1)C1CC12CCNCC2. The van der Waals surface area contributed by atoms with Crippen molar-refractivity contribution in [2.75, 3.05) is 13.1 Å². The van der Waals surface area contributed by atoms with Crippen LogP contribution in [0.15, 0.2) is 18.6 Å². The van der Waals surface area contributed by atoms with Gasteiger partial charge in [-0.3, -0.25) is 4.90 Å². The molecule has 1 N–H and O–H groups in total. The summed E-state index contributed by atoms with van der Waals surface area (Å²) in [6.07, 6.45) is 4.03. The second-order valence-corrected chi connectivity index (χ2v) is 8.44. The molecule has 1 saturated heterocycles. The number of thiazole rings is 1. The van der Waals surface area contributed by atoms with E-state index in [1.165, 1.54) is 6.20 Å². The Hall–Kier alpha value is -1.45. The quantitative estimate of drug-likeness (QED) is 0.859. The van der Waals surface area contributed by atoms with Gasteiger partial charge in [-0.2, -0.15) is 13.2 Å². The number of imidazole rings is 1. The molecule has 0 aromatic carbocycles. The summed E-state index contributed by atoms with van der Waals surface area (Å²) in [6.45, 7) is 3.17. The number of piperidine rings is 1. The number of aromatic nitrogens is 3. The van der Waals surface area contributed by atoms with Crippen LogP contribution in [0.25, 0.3) is 0 Å². The van der Waals surface area contributed by atoms with Gasteiger partial charge in [-0.15, -0.1) is 11.3 Å². The van der Waals surface area contributed by atoms with Crippen molar-refractivity contribution >= 4 is 11.3 Å². The van der Waals surface area contributed by atoms with Crippen LogP contribution in [-0.4, -0.2) is 38.6 Å². The third-order valence-electron chi connectivity index (χ3n) is 5.61. The van der Waals surface area contributed by atoms with Crippen LogP contribution < -0.4 is 5.32 Å². The van der Waals surface area contributed by atoms with E-state index in [1.807, 2.05) is 17.8 Å². The van der Waals surface area contributed by atoms with Crippen LogP contribution >= 0.6 is 11.3 Å². The van der Waals surface area contributed by atoms with Gasteiger partial charge in [-0.25, -0.2) is 9.97 Å². The third kappa shape index (κ3) is 3.52. The molecule has 5 nitrogen and oxygen atoms in total. The Morgan fingerprint density at radius 2 is 2.08 bits per heavy atom. The van der Waals surface area contributed by atoms with Gasteiger partial charge in [0, 0.05) is 43.1 Å². The molecule has 1 aliphatic carbocycles. The Morgan fingerprint density at radius 1 is 1.31 bits per heavy atom. The maximum absolute atomic E-state index is 12.9. The van der Waals surface area contributed by atoms with E-state index >= 15 is 0 Å². The van der Waals surface area contributed by atoms with Gasteiger partial charge in [0.25, 0.3) is 0 Å². The van der Waals surface area contributed by atoms with Crippen molar-refractivity contribution in [1.82, 2.24) is 24.8 Å². The molecule has 26 heavy (non-hydrogen) atoms. The Balaban J connectivity index is 1.53.